The molecular formula is C27H34N6O5S. The third-order valence-corrected chi connectivity index (χ3v) is 6.79. The van der Waals surface area contributed by atoms with Crippen LogP contribution in [0.5, 0.6) is 5.75 Å². The van der Waals surface area contributed by atoms with Crippen LogP contribution in [-0.2, 0) is 20.6 Å². The monoisotopic (exact) mass is 554 g/mol. The molecule has 0 fully saturated rings. The van der Waals surface area contributed by atoms with Gasteiger partial charge in [0.2, 0.25) is 0 Å². The number of aryl methyl sites for hydroxylation is 1. The summed E-state index contributed by atoms with van der Waals surface area (Å²) in [6, 6.07) is 9.40. The van der Waals surface area contributed by atoms with Crippen LogP contribution < -0.4 is 10.1 Å². The van der Waals surface area contributed by atoms with Crippen molar-refractivity contribution in [2.75, 3.05) is 38.9 Å². The van der Waals surface area contributed by atoms with Gasteiger partial charge in [0.05, 0.1) is 30.1 Å². The lowest BCUT2D eigenvalue weighted by molar-refractivity contribution is -0.135. The molecule has 4 aromatic rings. The fraction of sp³-hybridized carbons (Fsp3) is 0.444. The van der Waals surface area contributed by atoms with Crippen molar-refractivity contribution >= 4 is 33.3 Å². The van der Waals surface area contributed by atoms with Gasteiger partial charge in [-0.3, -0.25) is 9.78 Å². The maximum absolute atomic E-state index is 13.6. The fourth-order valence-corrected chi connectivity index (χ4v) is 4.77. The van der Waals surface area contributed by atoms with Gasteiger partial charge in [0, 0.05) is 32.1 Å². The van der Waals surface area contributed by atoms with E-state index >= 15 is 0 Å². The first-order valence-electron chi connectivity index (χ1n) is 12.9. The Hall–Kier alpha value is -3.45. The van der Waals surface area contributed by atoms with Crippen molar-refractivity contribution in [3.05, 3.63) is 59.2 Å². The molecule has 0 aliphatic rings. The van der Waals surface area contributed by atoms with Gasteiger partial charge in [-0.2, -0.15) is 4.37 Å². The minimum absolute atomic E-state index is 0.280. The van der Waals surface area contributed by atoms with E-state index in [0.29, 0.717) is 48.6 Å². The smallest absolute Gasteiger partial charge is 0.276 e. The second-order valence-corrected chi connectivity index (χ2v) is 9.61. The number of nitrogens with zero attached hydrogens (tertiary/aromatic N) is 5. The summed E-state index contributed by atoms with van der Waals surface area (Å²) in [7, 11) is 1.63. The number of amides is 1. The molecule has 208 valence electrons. The maximum atomic E-state index is 13.6. The Bertz CT molecular complexity index is 1380. The molecule has 1 N–H and O–H groups in total. The van der Waals surface area contributed by atoms with Gasteiger partial charge in [0.15, 0.2) is 12.0 Å². The predicted molar refractivity (Wildman–Crippen MR) is 148 cm³/mol. The first kappa shape index (κ1) is 28.6. The summed E-state index contributed by atoms with van der Waals surface area (Å²) < 4.78 is 28.1. The van der Waals surface area contributed by atoms with Crippen LogP contribution in [0, 0.1) is 6.92 Å². The Labute approximate surface area is 231 Å². The van der Waals surface area contributed by atoms with Gasteiger partial charge < -0.3 is 24.3 Å². The predicted octanol–water partition coefficient (Wildman–Crippen LogP) is 4.42. The molecule has 12 heteroatoms. The molecular weight excluding hydrogens is 520 g/mol. The van der Waals surface area contributed by atoms with Crippen LogP contribution in [-0.4, -0.2) is 70.1 Å². The number of nitrogens with one attached hydrogen (secondary N) is 1. The van der Waals surface area contributed by atoms with Gasteiger partial charge in [-0.05, 0) is 69.1 Å². The molecule has 0 saturated heterocycles. The van der Waals surface area contributed by atoms with E-state index in [2.05, 4.69) is 25.0 Å². The fourth-order valence-electron chi connectivity index (χ4n) is 4.11. The largest absolute Gasteiger partial charge is 0.490 e. The number of hydrogen-bond donors (Lipinski definition) is 1. The highest BCUT2D eigenvalue weighted by Gasteiger charge is 2.27. The molecule has 1 unspecified atom stereocenters. The van der Waals surface area contributed by atoms with Gasteiger partial charge in [0.1, 0.15) is 23.1 Å². The minimum atomic E-state index is -0.541. The number of rotatable bonds is 14. The summed E-state index contributed by atoms with van der Waals surface area (Å²) in [5.41, 5.74) is 3.43. The molecule has 11 nitrogen and oxygen atoms in total. The van der Waals surface area contributed by atoms with E-state index in [0.717, 1.165) is 22.2 Å². The van der Waals surface area contributed by atoms with Crippen LogP contribution >= 0.6 is 11.5 Å². The Morgan fingerprint density at radius 1 is 1.13 bits per heavy atom. The number of carbonyl (C=O) groups is 1. The first-order chi connectivity index (χ1) is 18.9. The standard InChI is InChI=1S/C27H34N6O5S/c1-6-36-25(37-7-2)15-23-26(27(34)29-24-12-17(3)31-39-24)33(32-30-23)18(4)19-8-9-22-20(13-19)14-21(16-28-22)38-11-10-35-5/h8-9,12-14,16,18,25H,6-7,10-11,15H2,1-5H3,(H,29,34). The number of ether oxygens (including phenoxy) is 4. The van der Waals surface area contributed by atoms with Gasteiger partial charge in [-0.25, -0.2) is 4.68 Å². The quantitative estimate of drug-likeness (QED) is 0.178. The minimum Gasteiger partial charge on any atom is -0.490 e. The summed E-state index contributed by atoms with van der Waals surface area (Å²) in [6.45, 7) is 9.51. The number of pyridine rings is 1. The number of methoxy groups -OCH3 is 1. The second kappa shape index (κ2) is 13.6. The van der Waals surface area contributed by atoms with Crippen molar-refractivity contribution < 1.29 is 23.7 Å². The van der Waals surface area contributed by atoms with Gasteiger partial charge in [0.25, 0.3) is 5.91 Å². The van der Waals surface area contributed by atoms with E-state index in [1.54, 1.807) is 18.0 Å². The zero-order chi connectivity index (χ0) is 27.8. The van der Waals surface area contributed by atoms with Gasteiger partial charge in [-0.1, -0.05) is 11.3 Å². The molecule has 0 aliphatic carbocycles. The van der Waals surface area contributed by atoms with Crippen LogP contribution in [0.15, 0.2) is 36.5 Å². The summed E-state index contributed by atoms with van der Waals surface area (Å²) in [4.78, 5) is 18.1. The Kier molecular flexibility index (Phi) is 9.93. The highest BCUT2D eigenvalue weighted by Crippen LogP contribution is 2.27. The number of hydrogen-bond acceptors (Lipinski definition) is 10. The lowest BCUT2D eigenvalue weighted by Gasteiger charge is -2.18. The van der Waals surface area contributed by atoms with Crippen LogP contribution in [0.25, 0.3) is 10.9 Å². The van der Waals surface area contributed by atoms with Crippen molar-refractivity contribution in [1.29, 1.82) is 0 Å². The van der Waals surface area contributed by atoms with Crippen molar-refractivity contribution in [3.63, 3.8) is 0 Å². The molecule has 3 aromatic heterocycles. The molecule has 0 aliphatic heterocycles. The van der Waals surface area contributed by atoms with Crippen LogP contribution in [0.4, 0.5) is 5.00 Å². The van der Waals surface area contributed by atoms with E-state index in [-0.39, 0.29) is 18.4 Å². The zero-order valence-electron chi connectivity index (χ0n) is 22.8. The topological polar surface area (TPSA) is 123 Å². The molecule has 1 atom stereocenters. The Balaban J connectivity index is 1.67. The second-order valence-electron chi connectivity index (χ2n) is 8.80. The summed E-state index contributed by atoms with van der Waals surface area (Å²) in [5, 5.41) is 13.3. The Morgan fingerprint density at radius 2 is 1.92 bits per heavy atom. The molecule has 0 saturated carbocycles. The average Bonchev–Trinajstić information content (AvgIpc) is 3.54. The molecule has 1 aromatic carbocycles. The SMILES string of the molecule is CCOC(Cc1nnn(C(C)c2ccc3ncc(OCCOC)cc3c2)c1C(=O)Nc1cc(C)ns1)OCC. The highest BCUT2D eigenvalue weighted by atomic mass is 32.1. The van der Waals surface area contributed by atoms with Crippen LogP contribution in [0.3, 0.4) is 0 Å². The lowest BCUT2D eigenvalue weighted by Crippen LogP contribution is -2.25. The van der Waals surface area contributed by atoms with Gasteiger partial charge in [-0.15, -0.1) is 5.10 Å². The van der Waals surface area contributed by atoms with Crippen LogP contribution in [0.1, 0.15) is 54.3 Å². The summed E-state index contributed by atoms with van der Waals surface area (Å²) >= 11 is 1.22. The van der Waals surface area contributed by atoms with E-state index in [9.17, 15) is 4.79 Å². The maximum Gasteiger partial charge on any atom is 0.276 e. The first-order valence-corrected chi connectivity index (χ1v) is 13.6. The summed E-state index contributed by atoms with van der Waals surface area (Å²) in [6.07, 6.45) is 1.44. The third-order valence-electron chi connectivity index (χ3n) is 5.99. The molecule has 1 amide bonds. The van der Waals surface area contributed by atoms with E-state index < -0.39 is 6.29 Å². The highest BCUT2D eigenvalue weighted by molar-refractivity contribution is 7.10. The van der Waals surface area contributed by atoms with Crippen molar-refractivity contribution in [3.8, 4) is 5.75 Å². The molecule has 0 radical (unpaired) electrons. The number of carbonyl (C=O) groups excluding carboxylic acids is 1. The van der Waals surface area contributed by atoms with E-state index in [4.69, 9.17) is 18.9 Å². The number of anilines is 1. The summed E-state index contributed by atoms with van der Waals surface area (Å²) in [5.74, 6) is 0.332. The normalized spacial score (nSPS) is 12.3. The lowest BCUT2D eigenvalue weighted by atomic mass is 10.0. The molecule has 39 heavy (non-hydrogen) atoms. The molecule has 4 rings (SSSR count). The third kappa shape index (κ3) is 7.15. The van der Waals surface area contributed by atoms with E-state index in [1.165, 1.54) is 11.5 Å². The molecule has 0 spiro atoms. The number of aromatic nitrogens is 5. The van der Waals surface area contributed by atoms with Crippen molar-refractivity contribution in [2.24, 2.45) is 0 Å². The number of fused-ring (bicyclic) bond motifs is 1. The van der Waals surface area contributed by atoms with Gasteiger partial charge >= 0.3 is 0 Å². The van der Waals surface area contributed by atoms with E-state index in [1.807, 2.05) is 58.0 Å². The van der Waals surface area contributed by atoms with Crippen molar-refractivity contribution in [1.82, 2.24) is 24.4 Å². The number of benzene rings is 1. The molecule has 3 heterocycles. The van der Waals surface area contributed by atoms with Crippen LogP contribution in [0.2, 0.25) is 0 Å². The molecule has 0 bridgehead atoms. The average molecular weight is 555 g/mol. The zero-order valence-corrected chi connectivity index (χ0v) is 23.7. The Morgan fingerprint density at radius 3 is 2.62 bits per heavy atom. The van der Waals surface area contributed by atoms with Crippen molar-refractivity contribution in [2.45, 2.75) is 46.4 Å².